The lowest BCUT2D eigenvalue weighted by Gasteiger charge is -2.26. The number of amides is 1. The largest absolute Gasteiger partial charge is 0.396 e. The Labute approximate surface area is 90.9 Å². The van der Waals surface area contributed by atoms with Gasteiger partial charge in [0.2, 0.25) is 5.91 Å². The van der Waals surface area contributed by atoms with Crippen LogP contribution in [0.1, 0.15) is 33.1 Å². The van der Waals surface area contributed by atoms with Crippen molar-refractivity contribution in [3.63, 3.8) is 0 Å². The van der Waals surface area contributed by atoms with E-state index in [0.717, 1.165) is 0 Å². The summed E-state index contributed by atoms with van der Waals surface area (Å²) in [5.74, 6) is 0.0880. The molecule has 0 aromatic rings. The predicted molar refractivity (Wildman–Crippen MR) is 57.3 cm³/mol. The van der Waals surface area contributed by atoms with E-state index in [1.54, 1.807) is 4.90 Å². The fourth-order valence-electron chi connectivity index (χ4n) is 1.88. The zero-order valence-corrected chi connectivity index (χ0v) is 9.57. The molecule has 1 saturated heterocycles. The van der Waals surface area contributed by atoms with E-state index < -0.39 is 0 Å². The van der Waals surface area contributed by atoms with Gasteiger partial charge >= 0.3 is 0 Å². The summed E-state index contributed by atoms with van der Waals surface area (Å²) >= 11 is 0. The van der Waals surface area contributed by atoms with Crippen LogP contribution in [-0.4, -0.2) is 46.8 Å². The third-order valence-corrected chi connectivity index (χ3v) is 2.93. The van der Waals surface area contributed by atoms with Gasteiger partial charge < -0.3 is 15.1 Å². The van der Waals surface area contributed by atoms with Crippen LogP contribution in [0.4, 0.5) is 0 Å². The Morgan fingerprint density at radius 1 is 1.53 bits per heavy atom. The van der Waals surface area contributed by atoms with Crippen LogP contribution in [0.3, 0.4) is 0 Å². The van der Waals surface area contributed by atoms with E-state index in [4.69, 9.17) is 5.11 Å². The first kappa shape index (κ1) is 12.5. The second-order valence-electron chi connectivity index (χ2n) is 5.10. The summed E-state index contributed by atoms with van der Waals surface area (Å²) in [7, 11) is 0. The van der Waals surface area contributed by atoms with Crippen molar-refractivity contribution in [3.8, 4) is 0 Å². The zero-order chi connectivity index (χ0) is 11.5. The van der Waals surface area contributed by atoms with Gasteiger partial charge in [-0.15, -0.1) is 0 Å². The van der Waals surface area contributed by atoms with Crippen molar-refractivity contribution in [2.24, 2.45) is 5.41 Å². The highest BCUT2D eigenvalue weighted by Gasteiger charge is 2.29. The van der Waals surface area contributed by atoms with Crippen molar-refractivity contribution in [2.75, 3.05) is 19.7 Å². The van der Waals surface area contributed by atoms with Gasteiger partial charge in [0, 0.05) is 26.1 Å². The topological polar surface area (TPSA) is 60.8 Å². The summed E-state index contributed by atoms with van der Waals surface area (Å²) in [5, 5.41) is 18.2. The fraction of sp³-hybridized carbons (Fsp3) is 0.909. The number of aliphatic hydroxyl groups excluding tert-OH is 2. The standard InChI is InChI=1S/C11H21NO3/c1-11(2,4-6-13)7-10(15)12-5-3-9(14)8-12/h9,13-14H,3-8H2,1-2H3. The Morgan fingerprint density at radius 2 is 2.20 bits per heavy atom. The summed E-state index contributed by atoms with van der Waals surface area (Å²) < 4.78 is 0. The van der Waals surface area contributed by atoms with E-state index in [1.165, 1.54) is 0 Å². The molecule has 0 spiro atoms. The summed E-state index contributed by atoms with van der Waals surface area (Å²) in [6.07, 6.45) is 1.41. The van der Waals surface area contributed by atoms with E-state index in [1.807, 2.05) is 13.8 Å². The molecular weight excluding hydrogens is 194 g/mol. The molecule has 2 N–H and O–H groups in total. The average molecular weight is 215 g/mol. The molecule has 1 fully saturated rings. The van der Waals surface area contributed by atoms with Crippen molar-refractivity contribution in [1.29, 1.82) is 0 Å². The SMILES string of the molecule is CC(C)(CCO)CC(=O)N1CCC(O)C1. The fourth-order valence-corrected chi connectivity index (χ4v) is 1.88. The number of nitrogens with zero attached hydrogens (tertiary/aromatic N) is 1. The van der Waals surface area contributed by atoms with Crippen molar-refractivity contribution < 1.29 is 15.0 Å². The van der Waals surface area contributed by atoms with Crippen molar-refractivity contribution >= 4 is 5.91 Å². The van der Waals surface area contributed by atoms with Gasteiger partial charge in [-0.2, -0.15) is 0 Å². The number of β-amino-alcohol motifs (C(OH)–C–C–N with tert-alkyl or cyclic N) is 1. The minimum Gasteiger partial charge on any atom is -0.396 e. The van der Waals surface area contributed by atoms with E-state index >= 15 is 0 Å². The number of carbonyl (C=O) groups is 1. The highest BCUT2D eigenvalue weighted by molar-refractivity contribution is 5.77. The van der Waals surface area contributed by atoms with E-state index in [-0.39, 0.29) is 24.0 Å². The van der Waals surface area contributed by atoms with Crippen LogP contribution in [0.25, 0.3) is 0 Å². The van der Waals surface area contributed by atoms with Gasteiger partial charge in [-0.3, -0.25) is 4.79 Å². The number of likely N-dealkylation sites (tertiary alicyclic amines) is 1. The number of carbonyl (C=O) groups excluding carboxylic acids is 1. The van der Waals surface area contributed by atoms with Gasteiger partial charge in [0.15, 0.2) is 0 Å². The van der Waals surface area contributed by atoms with Crippen LogP contribution < -0.4 is 0 Å². The van der Waals surface area contributed by atoms with Crippen molar-refractivity contribution in [1.82, 2.24) is 4.90 Å². The predicted octanol–water partition coefficient (Wildman–Crippen LogP) is 0.378. The quantitative estimate of drug-likeness (QED) is 0.712. The Hall–Kier alpha value is -0.610. The maximum atomic E-state index is 11.8. The molecule has 1 aliphatic heterocycles. The molecule has 1 amide bonds. The van der Waals surface area contributed by atoms with Crippen molar-refractivity contribution in [3.05, 3.63) is 0 Å². The third kappa shape index (κ3) is 3.80. The molecule has 1 heterocycles. The number of rotatable bonds is 4. The lowest BCUT2D eigenvalue weighted by atomic mass is 9.85. The van der Waals surface area contributed by atoms with Crippen LogP contribution in [-0.2, 0) is 4.79 Å². The van der Waals surface area contributed by atoms with Crippen LogP contribution in [0.5, 0.6) is 0 Å². The lowest BCUT2D eigenvalue weighted by molar-refractivity contribution is -0.132. The molecule has 1 aliphatic rings. The Morgan fingerprint density at radius 3 is 2.67 bits per heavy atom. The molecule has 1 unspecified atom stereocenters. The highest BCUT2D eigenvalue weighted by atomic mass is 16.3. The maximum Gasteiger partial charge on any atom is 0.223 e. The summed E-state index contributed by atoms with van der Waals surface area (Å²) in [5.41, 5.74) is -0.153. The smallest absolute Gasteiger partial charge is 0.223 e. The molecule has 1 rings (SSSR count). The molecule has 88 valence electrons. The first-order chi connectivity index (χ1) is 6.94. The first-order valence-electron chi connectivity index (χ1n) is 5.51. The van der Waals surface area contributed by atoms with Crippen LogP contribution in [0.15, 0.2) is 0 Å². The van der Waals surface area contributed by atoms with Crippen LogP contribution in [0, 0.1) is 5.41 Å². The van der Waals surface area contributed by atoms with Gasteiger partial charge in [0.05, 0.1) is 6.10 Å². The molecule has 0 aromatic carbocycles. The summed E-state index contributed by atoms with van der Waals surface area (Å²) in [6.45, 7) is 5.20. The zero-order valence-electron chi connectivity index (χ0n) is 9.57. The molecule has 4 heteroatoms. The van der Waals surface area contributed by atoms with Crippen molar-refractivity contribution in [2.45, 2.75) is 39.2 Å². The summed E-state index contributed by atoms with van der Waals surface area (Å²) in [6, 6.07) is 0. The van der Waals surface area contributed by atoms with Gasteiger partial charge in [-0.05, 0) is 18.3 Å². The second-order valence-corrected chi connectivity index (χ2v) is 5.10. The Bertz CT molecular complexity index is 228. The van der Waals surface area contributed by atoms with Gasteiger partial charge in [-0.25, -0.2) is 0 Å². The number of aliphatic hydroxyl groups is 2. The normalized spacial score (nSPS) is 22.1. The molecule has 0 aromatic heterocycles. The van der Waals surface area contributed by atoms with E-state index in [9.17, 15) is 9.90 Å². The molecule has 15 heavy (non-hydrogen) atoms. The summed E-state index contributed by atoms with van der Waals surface area (Å²) in [4.78, 5) is 13.5. The molecule has 0 bridgehead atoms. The Kier molecular flexibility index (Phi) is 4.11. The van der Waals surface area contributed by atoms with Gasteiger partial charge in [-0.1, -0.05) is 13.8 Å². The molecule has 0 saturated carbocycles. The first-order valence-corrected chi connectivity index (χ1v) is 5.51. The lowest BCUT2D eigenvalue weighted by Crippen LogP contribution is -2.33. The van der Waals surface area contributed by atoms with E-state index in [2.05, 4.69) is 0 Å². The van der Waals surface area contributed by atoms with Crippen LogP contribution >= 0.6 is 0 Å². The second kappa shape index (κ2) is 4.94. The van der Waals surface area contributed by atoms with E-state index in [0.29, 0.717) is 32.4 Å². The number of hydrogen-bond donors (Lipinski definition) is 2. The van der Waals surface area contributed by atoms with Crippen LogP contribution in [0.2, 0.25) is 0 Å². The number of hydrogen-bond acceptors (Lipinski definition) is 3. The van der Waals surface area contributed by atoms with Gasteiger partial charge in [0.25, 0.3) is 0 Å². The minimum absolute atomic E-state index is 0.0880. The third-order valence-electron chi connectivity index (χ3n) is 2.93. The average Bonchev–Trinajstić information content (AvgIpc) is 2.50. The van der Waals surface area contributed by atoms with Gasteiger partial charge in [0.1, 0.15) is 0 Å². The molecular formula is C11H21NO3. The molecule has 0 aliphatic carbocycles. The Balaban J connectivity index is 2.41. The highest BCUT2D eigenvalue weighted by Crippen LogP contribution is 2.26. The molecule has 4 nitrogen and oxygen atoms in total. The monoisotopic (exact) mass is 215 g/mol. The molecule has 0 radical (unpaired) electrons. The maximum absolute atomic E-state index is 11.8. The minimum atomic E-state index is -0.352. The molecule has 1 atom stereocenters.